The summed E-state index contributed by atoms with van der Waals surface area (Å²) in [6.45, 7) is 11.1. The van der Waals surface area contributed by atoms with E-state index < -0.39 is 0 Å². The maximum Gasteiger partial charge on any atom is 0.293 e. The van der Waals surface area contributed by atoms with Crippen LogP contribution in [0.1, 0.15) is 34.1 Å². The molecule has 1 rings (SSSR count). The number of nitrogens with two attached hydrogens (primary N) is 1. The second kappa shape index (κ2) is 6.70. The molecule has 0 unspecified atom stereocenters. The van der Waals surface area contributed by atoms with Gasteiger partial charge in [-0.05, 0) is 25.3 Å². The summed E-state index contributed by atoms with van der Waals surface area (Å²) < 4.78 is 1.68. The fraction of sp³-hybridized carbons (Fsp3) is 0.714. The van der Waals surface area contributed by atoms with Gasteiger partial charge in [-0.2, -0.15) is 0 Å². The van der Waals surface area contributed by atoms with Crippen molar-refractivity contribution in [3.63, 3.8) is 0 Å². The van der Waals surface area contributed by atoms with Gasteiger partial charge in [0.05, 0.1) is 0 Å². The monoisotopic (exact) mass is 266 g/mol. The Hall–Kier alpha value is -1.36. The molecule has 0 aliphatic carbocycles. The second-order valence-electron chi connectivity index (χ2n) is 5.63. The Labute approximate surface area is 115 Å². The van der Waals surface area contributed by atoms with E-state index in [4.69, 9.17) is 5.73 Å². The highest BCUT2D eigenvalue weighted by Gasteiger charge is 2.22. The van der Waals surface area contributed by atoms with Crippen molar-refractivity contribution in [2.24, 2.45) is 11.1 Å². The van der Waals surface area contributed by atoms with Gasteiger partial charge >= 0.3 is 0 Å². The van der Waals surface area contributed by atoms with Gasteiger partial charge in [0.2, 0.25) is 0 Å². The van der Waals surface area contributed by atoms with Crippen LogP contribution in [0.25, 0.3) is 0 Å². The van der Waals surface area contributed by atoms with Gasteiger partial charge in [-0.3, -0.25) is 4.79 Å². The lowest BCUT2D eigenvalue weighted by atomic mass is 9.93. The fourth-order valence-electron chi connectivity index (χ4n) is 2.01. The fourth-order valence-corrected chi connectivity index (χ4v) is 2.01. The van der Waals surface area contributed by atoms with E-state index in [1.54, 1.807) is 17.0 Å². The lowest BCUT2D eigenvalue weighted by Gasteiger charge is -2.32. The minimum Gasteiger partial charge on any atom is -0.351 e. The maximum atomic E-state index is 12.3. The van der Waals surface area contributed by atoms with Crippen molar-refractivity contribution in [2.75, 3.05) is 24.5 Å². The lowest BCUT2D eigenvalue weighted by Crippen LogP contribution is -2.42. The summed E-state index contributed by atoms with van der Waals surface area (Å²) in [5, 5.41) is 0. The highest BCUT2D eigenvalue weighted by molar-refractivity contribution is 5.36. The van der Waals surface area contributed by atoms with Crippen molar-refractivity contribution in [3.8, 4) is 0 Å². The van der Waals surface area contributed by atoms with Gasteiger partial charge in [0.15, 0.2) is 5.82 Å². The summed E-state index contributed by atoms with van der Waals surface area (Å²) in [6.07, 6.45) is 4.39. The third kappa shape index (κ3) is 4.06. The molecular formula is C14H26N4O. The van der Waals surface area contributed by atoms with Crippen LogP contribution in [0.4, 0.5) is 5.82 Å². The molecule has 5 nitrogen and oxygen atoms in total. The van der Waals surface area contributed by atoms with Gasteiger partial charge in [0.1, 0.15) is 0 Å². The predicted molar refractivity (Wildman–Crippen MR) is 79.5 cm³/mol. The van der Waals surface area contributed by atoms with E-state index in [1.165, 1.54) is 0 Å². The molecule has 1 aromatic heterocycles. The van der Waals surface area contributed by atoms with E-state index in [0.29, 0.717) is 18.9 Å². The zero-order valence-electron chi connectivity index (χ0n) is 12.5. The molecule has 1 heterocycles. The molecule has 2 N–H and O–H groups in total. The van der Waals surface area contributed by atoms with Crippen LogP contribution in [0.15, 0.2) is 17.2 Å². The maximum absolute atomic E-state index is 12.3. The molecule has 19 heavy (non-hydrogen) atoms. The molecule has 0 radical (unpaired) electrons. The minimum atomic E-state index is -0.0316. The van der Waals surface area contributed by atoms with Gasteiger partial charge in [-0.25, -0.2) is 4.98 Å². The SMILES string of the molecule is CCCN(CC(C)(C)CN)c1nccn(CC)c1=O. The van der Waals surface area contributed by atoms with Crippen molar-refractivity contribution in [3.05, 3.63) is 22.7 Å². The first-order valence-corrected chi connectivity index (χ1v) is 6.95. The van der Waals surface area contributed by atoms with E-state index in [0.717, 1.165) is 19.5 Å². The topological polar surface area (TPSA) is 64.2 Å². The molecule has 0 saturated carbocycles. The number of anilines is 1. The molecule has 0 amide bonds. The smallest absolute Gasteiger partial charge is 0.293 e. The van der Waals surface area contributed by atoms with Gasteiger partial charge in [-0.15, -0.1) is 0 Å². The molecule has 0 bridgehead atoms. The Morgan fingerprint density at radius 2 is 2.11 bits per heavy atom. The Bertz CT molecular complexity index is 453. The summed E-state index contributed by atoms with van der Waals surface area (Å²) in [4.78, 5) is 18.7. The van der Waals surface area contributed by atoms with Gasteiger partial charge in [-0.1, -0.05) is 20.8 Å². The molecular weight excluding hydrogens is 240 g/mol. The van der Waals surface area contributed by atoms with Crippen LogP contribution in [0.3, 0.4) is 0 Å². The van der Waals surface area contributed by atoms with Crippen LogP contribution in [0.5, 0.6) is 0 Å². The van der Waals surface area contributed by atoms with Crippen LogP contribution in [0.2, 0.25) is 0 Å². The third-order valence-electron chi connectivity index (χ3n) is 3.20. The average Bonchev–Trinajstić information content (AvgIpc) is 2.38. The standard InChI is InChI=1S/C14H26N4O/c1-5-8-18(11-14(3,4)10-15)12-13(19)17(6-2)9-7-16-12/h7,9H,5-6,8,10-11,15H2,1-4H3. The second-order valence-corrected chi connectivity index (χ2v) is 5.63. The van der Waals surface area contributed by atoms with E-state index in [2.05, 4.69) is 30.7 Å². The first-order chi connectivity index (χ1) is 8.95. The molecule has 0 aliphatic heterocycles. The number of aromatic nitrogens is 2. The first kappa shape index (κ1) is 15.7. The minimum absolute atomic E-state index is 0.0220. The number of rotatable bonds is 7. The Kier molecular flexibility index (Phi) is 5.54. The van der Waals surface area contributed by atoms with Crippen LogP contribution >= 0.6 is 0 Å². The number of aryl methyl sites for hydroxylation is 1. The van der Waals surface area contributed by atoms with Gasteiger partial charge in [0, 0.05) is 32.0 Å². The van der Waals surface area contributed by atoms with Crippen LogP contribution in [0, 0.1) is 5.41 Å². The number of nitrogens with zero attached hydrogens (tertiary/aromatic N) is 3. The average molecular weight is 266 g/mol. The molecule has 0 fully saturated rings. The van der Waals surface area contributed by atoms with E-state index >= 15 is 0 Å². The number of hydrogen-bond donors (Lipinski definition) is 1. The third-order valence-corrected chi connectivity index (χ3v) is 3.20. The summed E-state index contributed by atoms with van der Waals surface area (Å²) in [7, 11) is 0. The van der Waals surface area contributed by atoms with E-state index in [-0.39, 0.29) is 11.0 Å². The zero-order valence-corrected chi connectivity index (χ0v) is 12.5. The molecule has 0 aliphatic rings. The van der Waals surface area contributed by atoms with Crippen LogP contribution < -0.4 is 16.2 Å². The Morgan fingerprint density at radius 1 is 1.42 bits per heavy atom. The predicted octanol–water partition coefficient (Wildman–Crippen LogP) is 1.46. The lowest BCUT2D eigenvalue weighted by molar-refractivity contribution is 0.375. The normalized spacial score (nSPS) is 11.6. The molecule has 0 saturated heterocycles. The molecule has 1 aromatic rings. The highest BCUT2D eigenvalue weighted by atomic mass is 16.1. The Balaban J connectivity index is 3.09. The zero-order chi connectivity index (χ0) is 14.5. The molecule has 108 valence electrons. The quantitative estimate of drug-likeness (QED) is 0.811. The Morgan fingerprint density at radius 3 is 2.63 bits per heavy atom. The van der Waals surface area contributed by atoms with Gasteiger partial charge < -0.3 is 15.2 Å². The van der Waals surface area contributed by atoms with Crippen molar-refractivity contribution in [2.45, 2.75) is 40.7 Å². The molecule has 0 spiro atoms. The summed E-state index contributed by atoms with van der Waals surface area (Å²) in [5.41, 5.74) is 5.74. The summed E-state index contributed by atoms with van der Waals surface area (Å²) >= 11 is 0. The highest BCUT2D eigenvalue weighted by Crippen LogP contribution is 2.17. The summed E-state index contributed by atoms with van der Waals surface area (Å²) in [6, 6.07) is 0. The van der Waals surface area contributed by atoms with E-state index in [1.807, 2.05) is 6.92 Å². The van der Waals surface area contributed by atoms with Crippen molar-refractivity contribution in [1.29, 1.82) is 0 Å². The molecule has 5 heteroatoms. The van der Waals surface area contributed by atoms with Crippen molar-refractivity contribution in [1.82, 2.24) is 9.55 Å². The van der Waals surface area contributed by atoms with Crippen LogP contribution in [-0.4, -0.2) is 29.2 Å². The molecule has 0 aromatic carbocycles. The van der Waals surface area contributed by atoms with Crippen molar-refractivity contribution < 1.29 is 0 Å². The first-order valence-electron chi connectivity index (χ1n) is 6.95. The van der Waals surface area contributed by atoms with Crippen LogP contribution in [-0.2, 0) is 6.54 Å². The van der Waals surface area contributed by atoms with E-state index in [9.17, 15) is 4.79 Å². The molecule has 0 atom stereocenters. The summed E-state index contributed by atoms with van der Waals surface area (Å²) in [5.74, 6) is 0.535. The van der Waals surface area contributed by atoms with Gasteiger partial charge in [0.25, 0.3) is 5.56 Å². The van der Waals surface area contributed by atoms with Crippen molar-refractivity contribution >= 4 is 5.82 Å². The number of hydrogen-bond acceptors (Lipinski definition) is 4. The largest absolute Gasteiger partial charge is 0.351 e.